The van der Waals surface area contributed by atoms with E-state index in [1.807, 2.05) is 0 Å². The molecule has 0 amide bonds. The molecule has 6 rings (SSSR count). The molecule has 7 heteroatoms. The zero-order valence-corrected chi connectivity index (χ0v) is 29.0. The third kappa shape index (κ3) is 4.35. The van der Waals surface area contributed by atoms with Crippen molar-refractivity contribution in [1.29, 1.82) is 0 Å². The van der Waals surface area contributed by atoms with Crippen LogP contribution in [0.3, 0.4) is 0 Å². The molecule has 1 aromatic rings. The molecule has 4 saturated carbocycles. The van der Waals surface area contributed by atoms with Crippen molar-refractivity contribution in [3.63, 3.8) is 0 Å². The Morgan fingerprint density at radius 1 is 0.614 bits per heavy atom. The topological polar surface area (TPSA) is 78.9 Å². The first-order chi connectivity index (χ1) is 20.4. The summed E-state index contributed by atoms with van der Waals surface area (Å²) in [4.78, 5) is 37.1. The summed E-state index contributed by atoms with van der Waals surface area (Å²) in [5.41, 5.74) is 2.28. The maximum Gasteiger partial charge on any atom is 0.308 e. The van der Waals surface area contributed by atoms with E-state index in [0.717, 1.165) is 36.3 Å². The Morgan fingerprint density at radius 3 is 1.68 bits per heavy atom. The maximum absolute atomic E-state index is 12.5. The van der Waals surface area contributed by atoms with E-state index in [4.69, 9.17) is 25.8 Å². The monoisotopic (exact) mass is 626 g/mol. The maximum atomic E-state index is 12.5. The summed E-state index contributed by atoms with van der Waals surface area (Å²) >= 11 is 6.85. The van der Waals surface area contributed by atoms with Crippen molar-refractivity contribution in [1.82, 2.24) is 0 Å². The third-order valence-electron chi connectivity index (χ3n) is 14.0. The summed E-state index contributed by atoms with van der Waals surface area (Å²) in [7, 11) is 0. The lowest BCUT2D eigenvalue weighted by molar-refractivity contribution is -0.216. The predicted molar refractivity (Wildman–Crippen MR) is 170 cm³/mol. The highest BCUT2D eigenvalue weighted by Gasteiger charge is 2.69. The van der Waals surface area contributed by atoms with Gasteiger partial charge in [0.15, 0.2) is 17.2 Å². The van der Waals surface area contributed by atoms with E-state index in [0.29, 0.717) is 29.1 Å². The van der Waals surface area contributed by atoms with Gasteiger partial charge in [-0.15, -0.1) is 0 Å². The molecular formula is C37H51ClO6. The van der Waals surface area contributed by atoms with Crippen LogP contribution in [0.1, 0.15) is 131 Å². The Balaban J connectivity index is 1.47. The molecule has 5 aliphatic carbocycles. The number of fused-ring (bicyclic) bond motifs is 9. The number of hydrogen-bond donors (Lipinski definition) is 0. The first-order valence-corrected chi connectivity index (χ1v) is 17.2. The van der Waals surface area contributed by atoms with Crippen molar-refractivity contribution in [2.75, 3.05) is 0 Å². The molecule has 0 heterocycles. The van der Waals surface area contributed by atoms with Gasteiger partial charge < -0.3 is 14.2 Å². The van der Waals surface area contributed by atoms with Crippen molar-refractivity contribution in [3.8, 4) is 17.2 Å². The van der Waals surface area contributed by atoms with E-state index >= 15 is 0 Å². The SMILES string of the molecule is CC(=O)Oc1c(Cl)c(OC(C)=O)c(OC(C)=O)c2c1CC1C2(C)CCC2C1(C)CCC1C3(C)CCCC(C)(C)C3CCC12C. The van der Waals surface area contributed by atoms with Gasteiger partial charge in [0, 0.05) is 37.3 Å². The first-order valence-electron chi connectivity index (χ1n) is 16.8. The molecule has 6 nitrogen and oxygen atoms in total. The van der Waals surface area contributed by atoms with Crippen LogP contribution in [0.25, 0.3) is 0 Å². The number of carbonyl (C=O) groups is 3. The van der Waals surface area contributed by atoms with Crippen LogP contribution in [0.15, 0.2) is 0 Å². The summed E-state index contributed by atoms with van der Waals surface area (Å²) < 4.78 is 17.3. The summed E-state index contributed by atoms with van der Waals surface area (Å²) in [6, 6.07) is 0. The highest BCUT2D eigenvalue weighted by atomic mass is 35.5. The van der Waals surface area contributed by atoms with Crippen LogP contribution >= 0.6 is 11.6 Å². The summed E-state index contributed by atoms with van der Waals surface area (Å²) in [5.74, 6) is 1.04. The van der Waals surface area contributed by atoms with Crippen molar-refractivity contribution >= 4 is 29.5 Å². The van der Waals surface area contributed by atoms with Crippen LogP contribution < -0.4 is 14.2 Å². The number of benzene rings is 1. The van der Waals surface area contributed by atoms with Crippen molar-refractivity contribution in [2.24, 2.45) is 45.3 Å². The van der Waals surface area contributed by atoms with Crippen LogP contribution in [0.4, 0.5) is 0 Å². The third-order valence-corrected chi connectivity index (χ3v) is 14.4. The van der Waals surface area contributed by atoms with E-state index in [9.17, 15) is 14.4 Å². The standard InChI is InChI=1S/C37H51ClO6/c1-20(39)42-30-23-19-27-36(8)17-12-25-34(6)15-10-14-33(4,5)24(34)11-16-35(25,7)26(36)13-18-37(27,9)28(23)31(43-21(2)40)32(29(30)38)44-22(3)41/h24-27H,10-19H2,1-9H3. The average molecular weight is 627 g/mol. The quantitative estimate of drug-likeness (QED) is 0.246. The molecule has 0 saturated heterocycles. The highest BCUT2D eigenvalue weighted by molar-refractivity contribution is 6.34. The van der Waals surface area contributed by atoms with Crippen molar-refractivity contribution < 1.29 is 28.6 Å². The molecule has 0 radical (unpaired) electrons. The number of hydrogen-bond acceptors (Lipinski definition) is 6. The van der Waals surface area contributed by atoms with E-state index in [1.165, 1.54) is 59.3 Å². The molecule has 0 spiro atoms. The van der Waals surface area contributed by atoms with Crippen LogP contribution in [0.2, 0.25) is 5.02 Å². The second-order valence-corrected chi connectivity index (χ2v) is 17.1. The second-order valence-electron chi connectivity index (χ2n) is 16.7. The second kappa shape index (κ2) is 10.2. The van der Waals surface area contributed by atoms with E-state index in [1.54, 1.807) is 0 Å². The Labute approximate surface area is 268 Å². The molecule has 0 aromatic heterocycles. The van der Waals surface area contributed by atoms with Crippen LogP contribution in [0, 0.1) is 45.3 Å². The van der Waals surface area contributed by atoms with Gasteiger partial charge in [-0.1, -0.05) is 59.6 Å². The van der Waals surface area contributed by atoms with Gasteiger partial charge in [-0.05, 0) is 103 Å². The normalized spacial score (nSPS) is 40.0. The molecule has 0 aliphatic heterocycles. The van der Waals surface area contributed by atoms with Crippen molar-refractivity contribution in [2.45, 2.75) is 132 Å². The summed E-state index contributed by atoms with van der Waals surface area (Å²) in [5, 5.41) is -0.00354. The average Bonchev–Trinajstić information content (AvgIpc) is 3.21. The van der Waals surface area contributed by atoms with Gasteiger partial charge in [0.1, 0.15) is 5.02 Å². The van der Waals surface area contributed by atoms with Gasteiger partial charge >= 0.3 is 17.9 Å². The Bertz CT molecular complexity index is 1430. The summed E-state index contributed by atoms with van der Waals surface area (Å²) in [6.07, 6.45) is 11.6. The molecule has 44 heavy (non-hydrogen) atoms. The van der Waals surface area contributed by atoms with Gasteiger partial charge in [0.25, 0.3) is 0 Å². The van der Waals surface area contributed by atoms with Gasteiger partial charge in [-0.2, -0.15) is 0 Å². The first kappa shape index (κ1) is 31.9. The number of esters is 3. The van der Waals surface area contributed by atoms with E-state index in [2.05, 4.69) is 41.5 Å². The van der Waals surface area contributed by atoms with Crippen LogP contribution in [0.5, 0.6) is 17.2 Å². The lowest BCUT2D eigenvalue weighted by atomic mass is 9.34. The Hall–Kier alpha value is -2.08. The fraction of sp³-hybridized carbons (Fsp3) is 0.757. The Kier molecular flexibility index (Phi) is 7.40. The zero-order valence-electron chi connectivity index (χ0n) is 28.2. The number of carbonyl (C=O) groups excluding carboxylic acids is 3. The molecule has 0 N–H and O–H groups in total. The molecular weight excluding hydrogens is 576 g/mol. The summed E-state index contributed by atoms with van der Waals surface area (Å²) in [6.45, 7) is 19.1. The van der Waals surface area contributed by atoms with E-state index in [-0.39, 0.29) is 44.4 Å². The van der Waals surface area contributed by atoms with Crippen molar-refractivity contribution in [3.05, 3.63) is 16.1 Å². The number of ether oxygens (including phenoxy) is 3. The minimum absolute atomic E-state index is 0.00354. The Morgan fingerprint density at radius 2 is 1.09 bits per heavy atom. The van der Waals surface area contributed by atoms with Crippen LogP contribution in [-0.4, -0.2) is 17.9 Å². The zero-order chi connectivity index (χ0) is 32.2. The van der Waals surface area contributed by atoms with Gasteiger partial charge in [-0.25, -0.2) is 0 Å². The fourth-order valence-electron chi connectivity index (χ4n) is 12.8. The number of halogens is 1. The minimum atomic E-state index is -0.592. The molecule has 0 bridgehead atoms. The fourth-order valence-corrected chi connectivity index (χ4v) is 13.0. The largest absolute Gasteiger partial charge is 0.425 e. The lowest BCUT2D eigenvalue weighted by Crippen LogP contribution is -2.64. The van der Waals surface area contributed by atoms with E-state index < -0.39 is 17.9 Å². The van der Waals surface area contributed by atoms with Gasteiger partial charge in [0.05, 0.1) is 0 Å². The molecule has 4 fully saturated rings. The highest BCUT2D eigenvalue weighted by Crippen LogP contribution is 2.76. The molecule has 8 atom stereocenters. The minimum Gasteiger partial charge on any atom is -0.425 e. The molecule has 8 unspecified atom stereocenters. The molecule has 1 aromatic carbocycles. The smallest absolute Gasteiger partial charge is 0.308 e. The van der Waals surface area contributed by atoms with Gasteiger partial charge in [-0.3, -0.25) is 14.4 Å². The predicted octanol–water partition coefficient (Wildman–Crippen LogP) is 9.00. The molecule has 242 valence electrons. The number of rotatable bonds is 3. The van der Waals surface area contributed by atoms with Gasteiger partial charge in [0.2, 0.25) is 0 Å². The van der Waals surface area contributed by atoms with Crippen LogP contribution in [-0.2, 0) is 26.2 Å². The molecule has 5 aliphatic rings. The lowest BCUT2D eigenvalue weighted by Gasteiger charge is -2.71.